The van der Waals surface area contributed by atoms with E-state index in [2.05, 4.69) is 15.3 Å². The summed E-state index contributed by atoms with van der Waals surface area (Å²) in [6, 6.07) is 18.6. The van der Waals surface area contributed by atoms with Crippen LogP contribution in [0.5, 0.6) is 0 Å². The molecular formula is C21H14FN3O2. The second-order valence-electron chi connectivity index (χ2n) is 6.02. The number of anilines is 1. The lowest BCUT2D eigenvalue weighted by Crippen LogP contribution is -2.33. The normalized spacial score (nSPS) is 15.3. The van der Waals surface area contributed by atoms with Gasteiger partial charge in [-0.15, -0.1) is 0 Å². The summed E-state index contributed by atoms with van der Waals surface area (Å²) in [4.78, 5) is 33.5. The van der Waals surface area contributed by atoms with Gasteiger partial charge < -0.3 is 5.32 Å². The third-order valence-corrected chi connectivity index (χ3v) is 4.20. The molecule has 2 amide bonds. The van der Waals surface area contributed by atoms with Crippen LogP contribution in [0.1, 0.15) is 22.0 Å². The maximum atomic E-state index is 13.4. The van der Waals surface area contributed by atoms with E-state index in [0.717, 1.165) is 6.07 Å². The molecule has 1 N–H and O–H groups in total. The third kappa shape index (κ3) is 3.37. The molecule has 1 aliphatic rings. The first kappa shape index (κ1) is 16.8. The van der Waals surface area contributed by atoms with Gasteiger partial charge in [-0.3, -0.25) is 14.6 Å². The molecular weight excluding hydrogens is 345 g/mol. The zero-order valence-electron chi connectivity index (χ0n) is 14.1. The van der Waals surface area contributed by atoms with Crippen molar-refractivity contribution in [1.82, 2.24) is 0 Å². The van der Waals surface area contributed by atoms with Crippen LogP contribution in [0.4, 0.5) is 10.1 Å². The second kappa shape index (κ2) is 6.92. The molecule has 0 aromatic heterocycles. The van der Waals surface area contributed by atoms with Crippen LogP contribution in [0.25, 0.3) is 0 Å². The highest BCUT2D eigenvalue weighted by Gasteiger charge is 2.25. The number of nitrogens with one attached hydrogen (secondary N) is 1. The number of amides is 2. The average Bonchev–Trinajstić information content (AvgIpc) is 2.68. The largest absolute Gasteiger partial charge is 0.322 e. The molecule has 0 saturated heterocycles. The van der Waals surface area contributed by atoms with E-state index in [1.54, 1.807) is 42.5 Å². The Morgan fingerprint density at radius 3 is 2.48 bits per heavy atom. The van der Waals surface area contributed by atoms with Crippen molar-refractivity contribution in [2.45, 2.75) is 6.04 Å². The number of fused-ring (bicyclic) bond motifs is 1. The monoisotopic (exact) mass is 359 g/mol. The smallest absolute Gasteiger partial charge is 0.275 e. The molecule has 1 atom stereocenters. The van der Waals surface area contributed by atoms with Crippen molar-refractivity contribution in [3.8, 4) is 0 Å². The molecule has 0 fully saturated rings. The van der Waals surface area contributed by atoms with Gasteiger partial charge in [-0.05, 0) is 36.4 Å². The topological polar surface area (TPSA) is 70.9 Å². The van der Waals surface area contributed by atoms with E-state index in [1.165, 1.54) is 18.2 Å². The minimum atomic E-state index is -0.844. The van der Waals surface area contributed by atoms with Gasteiger partial charge in [-0.2, -0.15) is 0 Å². The Morgan fingerprint density at radius 1 is 0.926 bits per heavy atom. The van der Waals surface area contributed by atoms with Crippen LogP contribution < -0.4 is 16.0 Å². The summed E-state index contributed by atoms with van der Waals surface area (Å²) in [5.41, 5.74) is 1.15. The third-order valence-electron chi connectivity index (χ3n) is 4.20. The number of nitrogens with zero attached hydrogens (tertiary/aromatic N) is 2. The van der Waals surface area contributed by atoms with Crippen LogP contribution in [0.3, 0.4) is 0 Å². The average molecular weight is 359 g/mol. The summed E-state index contributed by atoms with van der Waals surface area (Å²) >= 11 is 0. The van der Waals surface area contributed by atoms with E-state index >= 15 is 0 Å². The van der Waals surface area contributed by atoms with Crippen molar-refractivity contribution >= 4 is 17.5 Å². The molecule has 5 nitrogen and oxygen atoms in total. The molecule has 0 spiro atoms. The summed E-state index contributed by atoms with van der Waals surface area (Å²) in [5, 5.41) is 3.88. The fraction of sp³-hybridized carbons (Fsp3) is 0.0476. The molecule has 0 radical (unpaired) electrons. The maximum Gasteiger partial charge on any atom is 0.275 e. The second-order valence-corrected chi connectivity index (χ2v) is 6.02. The van der Waals surface area contributed by atoms with Crippen molar-refractivity contribution in [2.75, 3.05) is 5.32 Å². The number of carbonyl (C=O) groups is 2. The van der Waals surface area contributed by atoms with Crippen LogP contribution >= 0.6 is 0 Å². The number of benzene rings is 3. The zero-order chi connectivity index (χ0) is 18.8. The van der Waals surface area contributed by atoms with Crippen molar-refractivity contribution < 1.29 is 14.0 Å². The highest BCUT2D eigenvalue weighted by molar-refractivity contribution is 6.05. The Labute approximate surface area is 153 Å². The zero-order valence-corrected chi connectivity index (χ0v) is 14.1. The number of hydrogen-bond donors (Lipinski definition) is 1. The molecule has 27 heavy (non-hydrogen) atoms. The maximum absolute atomic E-state index is 13.4. The highest BCUT2D eigenvalue weighted by Crippen LogP contribution is 2.27. The molecule has 1 aliphatic heterocycles. The SMILES string of the molecule is O=C(Nc1ccccc1C1N=c2ccccc2=NC1=O)c1cccc(F)c1. The van der Waals surface area contributed by atoms with Crippen molar-refractivity contribution in [1.29, 1.82) is 0 Å². The molecule has 0 saturated carbocycles. The van der Waals surface area contributed by atoms with Gasteiger partial charge in [0.25, 0.3) is 11.8 Å². The van der Waals surface area contributed by atoms with Gasteiger partial charge in [-0.1, -0.05) is 36.4 Å². The number of carbonyl (C=O) groups excluding carboxylic acids is 2. The van der Waals surface area contributed by atoms with Crippen molar-refractivity contribution in [3.05, 3.63) is 100 Å². The van der Waals surface area contributed by atoms with Crippen LogP contribution in [-0.2, 0) is 4.79 Å². The Bertz CT molecular complexity index is 1170. The summed E-state index contributed by atoms with van der Waals surface area (Å²) in [6.07, 6.45) is 0. The molecule has 132 valence electrons. The van der Waals surface area contributed by atoms with Crippen molar-refractivity contribution in [3.63, 3.8) is 0 Å². The van der Waals surface area contributed by atoms with Crippen LogP contribution in [0.2, 0.25) is 0 Å². The van der Waals surface area contributed by atoms with Gasteiger partial charge in [0, 0.05) is 16.8 Å². The minimum absolute atomic E-state index is 0.187. The first-order valence-corrected chi connectivity index (χ1v) is 8.33. The predicted molar refractivity (Wildman–Crippen MR) is 97.3 cm³/mol. The van der Waals surface area contributed by atoms with Gasteiger partial charge in [0.1, 0.15) is 5.82 Å². The highest BCUT2D eigenvalue weighted by atomic mass is 19.1. The lowest BCUT2D eigenvalue weighted by atomic mass is 10.0. The first-order chi connectivity index (χ1) is 13.1. The number of rotatable bonds is 3. The fourth-order valence-corrected chi connectivity index (χ4v) is 2.92. The predicted octanol–water partition coefficient (Wildman–Crippen LogP) is 2.60. The Kier molecular flexibility index (Phi) is 4.30. The molecule has 3 aromatic rings. The number of hydrogen-bond acceptors (Lipinski definition) is 3. The Balaban J connectivity index is 1.71. The lowest BCUT2D eigenvalue weighted by molar-refractivity contribution is -0.119. The van der Waals surface area contributed by atoms with E-state index < -0.39 is 23.7 Å². The quantitative estimate of drug-likeness (QED) is 0.781. The number of halogens is 1. The molecule has 0 bridgehead atoms. The fourth-order valence-electron chi connectivity index (χ4n) is 2.92. The summed E-state index contributed by atoms with van der Waals surface area (Å²) in [7, 11) is 0. The number of para-hydroxylation sites is 3. The van der Waals surface area contributed by atoms with Gasteiger partial charge in [-0.25, -0.2) is 9.38 Å². The van der Waals surface area contributed by atoms with Crippen LogP contribution in [0, 0.1) is 5.82 Å². The summed E-state index contributed by atoms with van der Waals surface area (Å²) in [6.45, 7) is 0. The van der Waals surface area contributed by atoms with E-state index in [1.807, 2.05) is 6.07 Å². The van der Waals surface area contributed by atoms with Gasteiger partial charge in [0.05, 0.1) is 10.7 Å². The Hall–Kier alpha value is -3.67. The van der Waals surface area contributed by atoms with E-state index in [-0.39, 0.29) is 5.56 Å². The summed E-state index contributed by atoms with van der Waals surface area (Å²) in [5.74, 6) is -1.37. The van der Waals surface area contributed by atoms with Crippen molar-refractivity contribution in [2.24, 2.45) is 9.98 Å². The Morgan fingerprint density at radius 2 is 1.67 bits per heavy atom. The van der Waals surface area contributed by atoms with Gasteiger partial charge in [0.15, 0.2) is 6.04 Å². The molecule has 1 heterocycles. The standard InChI is InChI=1S/C21H14FN3O2/c22-14-7-5-6-13(12-14)20(26)24-16-9-2-1-8-15(16)19-21(27)25-18-11-4-3-10-17(18)23-19/h1-12,19H,(H,24,26). The minimum Gasteiger partial charge on any atom is -0.322 e. The van der Waals surface area contributed by atoms with Crippen LogP contribution in [-0.4, -0.2) is 11.8 Å². The molecule has 1 unspecified atom stereocenters. The van der Waals surface area contributed by atoms with Gasteiger partial charge >= 0.3 is 0 Å². The van der Waals surface area contributed by atoms with E-state index in [4.69, 9.17) is 0 Å². The van der Waals surface area contributed by atoms with Gasteiger partial charge in [0.2, 0.25) is 0 Å². The molecule has 0 aliphatic carbocycles. The van der Waals surface area contributed by atoms with E-state index in [9.17, 15) is 14.0 Å². The van der Waals surface area contributed by atoms with Crippen LogP contribution in [0.15, 0.2) is 82.8 Å². The molecule has 6 heteroatoms. The summed E-state index contributed by atoms with van der Waals surface area (Å²) < 4.78 is 13.4. The molecule has 3 aromatic carbocycles. The van der Waals surface area contributed by atoms with E-state index in [0.29, 0.717) is 22.0 Å². The lowest BCUT2D eigenvalue weighted by Gasteiger charge is -2.17. The molecule has 4 rings (SSSR count). The first-order valence-electron chi connectivity index (χ1n) is 8.33.